The summed E-state index contributed by atoms with van der Waals surface area (Å²) in [5, 5.41) is 0.493. The number of carbonyl (C=O) groups excluding carboxylic acids is 1. The first-order valence-corrected chi connectivity index (χ1v) is 9.12. The van der Waals surface area contributed by atoms with Crippen molar-refractivity contribution < 1.29 is 9.53 Å². The predicted octanol–water partition coefficient (Wildman–Crippen LogP) is 4.17. The van der Waals surface area contributed by atoms with Gasteiger partial charge in [-0.3, -0.25) is 9.20 Å². The molecule has 2 heterocycles. The molecule has 27 heavy (non-hydrogen) atoms. The highest BCUT2D eigenvalue weighted by Crippen LogP contribution is 2.43. The van der Waals surface area contributed by atoms with E-state index in [1.165, 1.54) is 7.11 Å². The molecule has 1 saturated carbocycles. The number of ether oxygens (including phenoxy) is 1. The van der Waals surface area contributed by atoms with Crippen molar-refractivity contribution in [2.24, 2.45) is 0 Å². The molecule has 0 unspecified atom stereocenters. The molecule has 3 aromatic rings. The van der Waals surface area contributed by atoms with Crippen molar-refractivity contribution in [3.8, 4) is 11.1 Å². The lowest BCUT2D eigenvalue weighted by atomic mass is 9.96. The summed E-state index contributed by atoms with van der Waals surface area (Å²) in [6.07, 6.45) is 3.81. The summed E-state index contributed by atoms with van der Waals surface area (Å²) in [5.41, 5.74) is 10.8. The third-order valence-corrected chi connectivity index (χ3v) is 5.47. The number of halogens is 1. The number of anilines is 1. The van der Waals surface area contributed by atoms with Crippen LogP contribution in [0.1, 0.15) is 40.2 Å². The van der Waals surface area contributed by atoms with E-state index in [4.69, 9.17) is 22.1 Å². The third kappa shape index (κ3) is 2.88. The van der Waals surface area contributed by atoms with E-state index in [0.29, 0.717) is 16.6 Å². The van der Waals surface area contributed by atoms with Gasteiger partial charge in [-0.25, -0.2) is 4.79 Å². The molecule has 0 aliphatic heterocycles. The number of hydrogen-bond donors (Lipinski definition) is 1. The second-order valence-electron chi connectivity index (χ2n) is 6.89. The van der Waals surface area contributed by atoms with Crippen LogP contribution in [0.2, 0.25) is 5.02 Å². The molecular weight excluding hydrogens is 364 g/mol. The number of nitrogens with two attached hydrogens (primary N) is 1. The van der Waals surface area contributed by atoms with Gasteiger partial charge in [-0.05, 0) is 72.2 Å². The number of aryl methyl sites for hydroxylation is 1. The zero-order chi connectivity index (χ0) is 19.3. The van der Waals surface area contributed by atoms with Gasteiger partial charge in [-0.2, -0.15) is 0 Å². The maximum absolute atomic E-state index is 12.8. The molecule has 1 aliphatic carbocycles. The monoisotopic (exact) mass is 382 g/mol. The lowest BCUT2D eigenvalue weighted by Crippen LogP contribution is -2.24. The number of hydrogen-bond acceptors (Lipinski definition) is 4. The highest BCUT2D eigenvalue weighted by atomic mass is 35.5. The molecule has 4 rings (SSSR count). The minimum atomic E-state index is -0.608. The molecule has 0 bridgehead atoms. The van der Waals surface area contributed by atoms with Gasteiger partial charge in [0.25, 0.3) is 5.56 Å². The van der Waals surface area contributed by atoms with Gasteiger partial charge < -0.3 is 10.5 Å². The Bertz CT molecular complexity index is 1150. The number of aromatic nitrogens is 1. The largest absolute Gasteiger partial charge is 0.465 e. The summed E-state index contributed by atoms with van der Waals surface area (Å²) < 4.78 is 6.34. The Balaban J connectivity index is 2.02. The SMILES string of the molecule is COC(=O)c1cc(C2CC2)c2c(C)c(-c3ccc(N)c(Cl)c3)ccn2c1=O. The zero-order valence-corrected chi connectivity index (χ0v) is 15.8. The molecule has 138 valence electrons. The number of nitrogens with zero attached hydrogens (tertiary/aromatic N) is 1. The molecule has 0 amide bonds. The van der Waals surface area contributed by atoms with Crippen molar-refractivity contribution in [3.05, 3.63) is 68.6 Å². The molecular formula is C21H19ClN2O3. The summed E-state index contributed by atoms with van der Waals surface area (Å²) in [4.78, 5) is 24.9. The standard InChI is InChI=1S/C21H19ClN2O3/c1-11-14(13-5-6-18(23)17(22)9-13)7-8-24-19(11)15(12-3-4-12)10-16(20(24)25)21(26)27-2/h5-10,12H,3-4,23H2,1-2H3. The first kappa shape index (κ1) is 17.6. The van der Waals surface area contributed by atoms with Crippen LogP contribution >= 0.6 is 11.6 Å². The van der Waals surface area contributed by atoms with Crippen LogP contribution in [0.4, 0.5) is 5.69 Å². The Labute approximate surface area is 161 Å². The fourth-order valence-electron chi connectivity index (χ4n) is 3.57. The van der Waals surface area contributed by atoms with Crippen LogP contribution in [0.3, 0.4) is 0 Å². The fourth-order valence-corrected chi connectivity index (χ4v) is 3.75. The zero-order valence-electron chi connectivity index (χ0n) is 15.1. The topological polar surface area (TPSA) is 73.8 Å². The first-order valence-electron chi connectivity index (χ1n) is 8.75. The lowest BCUT2D eigenvalue weighted by molar-refractivity contribution is 0.0598. The summed E-state index contributed by atoms with van der Waals surface area (Å²) >= 11 is 6.19. The van der Waals surface area contributed by atoms with Crippen LogP contribution in [-0.2, 0) is 4.74 Å². The number of nitrogen functional groups attached to an aromatic ring is 1. The quantitative estimate of drug-likeness (QED) is 0.545. The van der Waals surface area contributed by atoms with Crippen LogP contribution in [0, 0.1) is 6.92 Å². The molecule has 0 atom stereocenters. The lowest BCUT2D eigenvalue weighted by Gasteiger charge is -2.16. The Hall–Kier alpha value is -2.79. The van der Waals surface area contributed by atoms with Gasteiger partial charge in [-0.1, -0.05) is 17.7 Å². The van der Waals surface area contributed by atoms with Crippen LogP contribution < -0.4 is 11.3 Å². The number of methoxy groups -OCH3 is 1. The van der Waals surface area contributed by atoms with Crippen molar-refractivity contribution >= 4 is 28.8 Å². The Morgan fingerprint density at radius 2 is 2.00 bits per heavy atom. The second-order valence-corrected chi connectivity index (χ2v) is 7.30. The molecule has 2 N–H and O–H groups in total. The van der Waals surface area contributed by atoms with Crippen LogP contribution in [0.5, 0.6) is 0 Å². The number of carbonyl (C=O) groups is 1. The second kappa shape index (κ2) is 6.43. The summed E-state index contributed by atoms with van der Waals surface area (Å²) in [5.74, 6) is -0.253. The summed E-state index contributed by atoms with van der Waals surface area (Å²) in [6, 6.07) is 9.08. The molecule has 1 fully saturated rings. The minimum Gasteiger partial charge on any atom is -0.465 e. The maximum atomic E-state index is 12.8. The van der Waals surface area contributed by atoms with Crippen LogP contribution in [-0.4, -0.2) is 17.5 Å². The molecule has 1 aliphatic rings. The average Bonchev–Trinajstić information content (AvgIpc) is 3.49. The van der Waals surface area contributed by atoms with Crippen molar-refractivity contribution in [2.75, 3.05) is 12.8 Å². The first-order chi connectivity index (χ1) is 12.9. The van der Waals surface area contributed by atoms with E-state index in [1.54, 1.807) is 22.7 Å². The molecule has 6 heteroatoms. The summed E-state index contributed by atoms with van der Waals surface area (Å²) in [6.45, 7) is 1.98. The van der Waals surface area contributed by atoms with Gasteiger partial charge in [0.1, 0.15) is 5.56 Å². The van der Waals surface area contributed by atoms with Crippen molar-refractivity contribution in [1.82, 2.24) is 4.40 Å². The molecule has 1 aromatic carbocycles. The molecule has 0 radical (unpaired) electrons. The molecule has 0 saturated heterocycles. The van der Waals surface area contributed by atoms with E-state index in [1.807, 2.05) is 25.1 Å². The van der Waals surface area contributed by atoms with E-state index in [2.05, 4.69) is 0 Å². The molecule has 5 nitrogen and oxygen atoms in total. The summed E-state index contributed by atoms with van der Waals surface area (Å²) in [7, 11) is 1.28. The average molecular weight is 383 g/mol. The van der Waals surface area contributed by atoms with Gasteiger partial charge in [-0.15, -0.1) is 0 Å². The van der Waals surface area contributed by atoms with E-state index in [0.717, 1.165) is 40.6 Å². The number of fused-ring (bicyclic) bond motifs is 1. The normalized spacial score (nSPS) is 13.7. The molecule has 2 aromatic heterocycles. The number of benzene rings is 1. The maximum Gasteiger partial charge on any atom is 0.343 e. The van der Waals surface area contributed by atoms with Gasteiger partial charge in [0, 0.05) is 6.20 Å². The van der Waals surface area contributed by atoms with Gasteiger partial charge in [0.05, 0.1) is 23.3 Å². The van der Waals surface area contributed by atoms with Crippen molar-refractivity contribution in [3.63, 3.8) is 0 Å². The third-order valence-electron chi connectivity index (χ3n) is 5.15. The van der Waals surface area contributed by atoms with E-state index >= 15 is 0 Å². The smallest absolute Gasteiger partial charge is 0.343 e. The Kier molecular flexibility index (Phi) is 4.19. The van der Waals surface area contributed by atoms with Crippen LogP contribution in [0.15, 0.2) is 41.3 Å². The highest BCUT2D eigenvalue weighted by Gasteiger charge is 2.29. The number of pyridine rings is 2. The van der Waals surface area contributed by atoms with E-state index < -0.39 is 5.97 Å². The minimum absolute atomic E-state index is 0.0691. The molecule has 0 spiro atoms. The van der Waals surface area contributed by atoms with Crippen molar-refractivity contribution in [2.45, 2.75) is 25.7 Å². The van der Waals surface area contributed by atoms with Gasteiger partial charge in [0.15, 0.2) is 0 Å². The fraction of sp³-hybridized carbons (Fsp3) is 0.238. The Morgan fingerprint density at radius 1 is 1.26 bits per heavy atom. The predicted molar refractivity (Wildman–Crippen MR) is 107 cm³/mol. The highest BCUT2D eigenvalue weighted by molar-refractivity contribution is 6.33. The van der Waals surface area contributed by atoms with E-state index in [9.17, 15) is 9.59 Å². The van der Waals surface area contributed by atoms with E-state index in [-0.39, 0.29) is 11.1 Å². The van der Waals surface area contributed by atoms with Gasteiger partial charge >= 0.3 is 5.97 Å². The van der Waals surface area contributed by atoms with Crippen LogP contribution in [0.25, 0.3) is 16.6 Å². The van der Waals surface area contributed by atoms with Gasteiger partial charge in [0.2, 0.25) is 0 Å². The van der Waals surface area contributed by atoms with Crippen molar-refractivity contribution in [1.29, 1.82) is 0 Å². The number of esters is 1. The number of rotatable bonds is 3. The Morgan fingerprint density at radius 3 is 2.63 bits per heavy atom.